The molecule has 0 aliphatic rings. The summed E-state index contributed by atoms with van der Waals surface area (Å²) in [7, 11) is 0. The second kappa shape index (κ2) is 6.17. The number of halogens is 6. The molecule has 0 saturated heterocycles. The first-order chi connectivity index (χ1) is 8.90. The van der Waals surface area contributed by atoms with Crippen LogP contribution in [0.15, 0.2) is 24.3 Å². The first-order valence-corrected chi connectivity index (χ1v) is 7.13. The maximum absolute atomic E-state index is 6.04. The maximum atomic E-state index is 6.04. The molecule has 0 unspecified atom stereocenters. The molecular weight excluding hydrogens is 373 g/mol. The molecule has 19 heavy (non-hydrogen) atoms. The van der Waals surface area contributed by atoms with Gasteiger partial charge in [-0.25, -0.2) is 0 Å². The molecule has 0 bridgehead atoms. The summed E-state index contributed by atoms with van der Waals surface area (Å²) in [5.41, 5.74) is 0. The highest BCUT2D eigenvalue weighted by molar-refractivity contribution is 6.50. The fourth-order valence-corrected chi connectivity index (χ4v) is 2.61. The van der Waals surface area contributed by atoms with E-state index in [1.807, 2.05) is 0 Å². The van der Waals surface area contributed by atoms with E-state index >= 15 is 0 Å². The van der Waals surface area contributed by atoms with Crippen molar-refractivity contribution in [1.82, 2.24) is 0 Å². The molecule has 0 aromatic heterocycles. The van der Waals surface area contributed by atoms with Crippen LogP contribution in [0.25, 0.3) is 0 Å². The van der Waals surface area contributed by atoms with Crippen molar-refractivity contribution in [2.24, 2.45) is 0 Å². The van der Waals surface area contributed by atoms with Crippen LogP contribution in [0.3, 0.4) is 0 Å². The van der Waals surface area contributed by atoms with E-state index in [9.17, 15) is 0 Å². The summed E-state index contributed by atoms with van der Waals surface area (Å²) in [5.74, 6) is 0.484. The molecule has 0 atom stereocenters. The zero-order chi connectivity index (χ0) is 14.2. The summed E-state index contributed by atoms with van der Waals surface area (Å²) < 4.78 is 5.56. The van der Waals surface area contributed by atoms with Crippen LogP contribution in [-0.2, 0) is 0 Å². The SMILES string of the molecule is Clc1ccc(Cl)c(Oc2c(Cl)cc(Cl)c(Cl)c2Cl)c1. The van der Waals surface area contributed by atoms with Crippen LogP contribution >= 0.6 is 69.6 Å². The summed E-state index contributed by atoms with van der Waals surface area (Å²) >= 11 is 35.7. The van der Waals surface area contributed by atoms with Gasteiger partial charge in [-0.1, -0.05) is 69.6 Å². The largest absolute Gasteiger partial charge is 0.453 e. The van der Waals surface area contributed by atoms with Crippen LogP contribution in [0.1, 0.15) is 0 Å². The van der Waals surface area contributed by atoms with Crippen molar-refractivity contribution in [1.29, 1.82) is 0 Å². The highest BCUT2D eigenvalue weighted by Crippen LogP contribution is 2.45. The quantitative estimate of drug-likeness (QED) is 0.392. The van der Waals surface area contributed by atoms with Gasteiger partial charge in [0.15, 0.2) is 5.75 Å². The molecule has 0 radical (unpaired) electrons. The van der Waals surface area contributed by atoms with E-state index in [1.54, 1.807) is 18.2 Å². The Bertz CT molecular complexity index is 641. The van der Waals surface area contributed by atoms with Gasteiger partial charge < -0.3 is 4.74 Å². The Morgan fingerprint density at radius 3 is 2.05 bits per heavy atom. The topological polar surface area (TPSA) is 9.23 Å². The lowest BCUT2D eigenvalue weighted by molar-refractivity contribution is 0.483. The third kappa shape index (κ3) is 3.36. The van der Waals surface area contributed by atoms with Gasteiger partial charge in [0.1, 0.15) is 10.8 Å². The van der Waals surface area contributed by atoms with Gasteiger partial charge in [-0.05, 0) is 18.2 Å². The molecular formula is C12H4Cl6O. The van der Waals surface area contributed by atoms with E-state index in [1.165, 1.54) is 6.07 Å². The molecule has 0 amide bonds. The minimum atomic E-state index is 0.107. The third-order valence-corrected chi connectivity index (χ3v) is 4.25. The van der Waals surface area contributed by atoms with Crippen LogP contribution in [0, 0.1) is 0 Å². The van der Waals surface area contributed by atoms with Gasteiger partial charge >= 0.3 is 0 Å². The molecule has 0 N–H and O–H groups in total. The van der Waals surface area contributed by atoms with Crippen LogP contribution in [-0.4, -0.2) is 0 Å². The van der Waals surface area contributed by atoms with Crippen molar-refractivity contribution in [3.05, 3.63) is 54.4 Å². The molecule has 0 spiro atoms. The Labute approximate surface area is 139 Å². The van der Waals surface area contributed by atoms with Gasteiger partial charge in [-0.15, -0.1) is 0 Å². The predicted molar refractivity (Wildman–Crippen MR) is 83.0 cm³/mol. The Morgan fingerprint density at radius 1 is 0.684 bits per heavy atom. The first kappa shape index (κ1) is 15.4. The van der Waals surface area contributed by atoms with Gasteiger partial charge in [0.2, 0.25) is 0 Å². The minimum absolute atomic E-state index is 0.107. The van der Waals surface area contributed by atoms with E-state index < -0.39 is 0 Å². The van der Waals surface area contributed by atoms with Crippen molar-refractivity contribution >= 4 is 69.6 Å². The van der Waals surface area contributed by atoms with Crippen molar-refractivity contribution < 1.29 is 4.74 Å². The fourth-order valence-electron chi connectivity index (χ4n) is 1.31. The molecule has 0 saturated carbocycles. The molecule has 2 aromatic carbocycles. The van der Waals surface area contributed by atoms with E-state index in [0.717, 1.165) is 0 Å². The standard InChI is InChI=1S/C12H4Cl6O/c13-5-1-2-6(14)9(3-5)19-12-8(16)4-7(15)10(17)11(12)18/h1-4H. The van der Waals surface area contributed by atoms with Crippen LogP contribution in [0.2, 0.25) is 30.1 Å². The summed E-state index contributed by atoms with van der Waals surface area (Å²) in [4.78, 5) is 0. The van der Waals surface area contributed by atoms with Crippen LogP contribution < -0.4 is 4.74 Å². The summed E-state index contributed by atoms with van der Waals surface area (Å²) in [6.45, 7) is 0. The third-order valence-electron chi connectivity index (χ3n) is 2.18. The zero-order valence-corrected chi connectivity index (χ0v) is 13.5. The Hall–Kier alpha value is -0.0200. The highest BCUT2D eigenvalue weighted by atomic mass is 35.5. The zero-order valence-electron chi connectivity index (χ0n) is 8.99. The summed E-state index contributed by atoms with van der Waals surface area (Å²) in [5, 5.41) is 1.54. The molecule has 0 aliphatic carbocycles. The number of hydrogen-bond acceptors (Lipinski definition) is 1. The number of ether oxygens (including phenoxy) is 1. The maximum Gasteiger partial charge on any atom is 0.166 e. The van der Waals surface area contributed by atoms with Crippen molar-refractivity contribution in [2.45, 2.75) is 0 Å². The monoisotopic (exact) mass is 374 g/mol. The van der Waals surface area contributed by atoms with Crippen LogP contribution in [0.4, 0.5) is 0 Å². The molecule has 0 aliphatic heterocycles. The lowest BCUT2D eigenvalue weighted by Gasteiger charge is -2.12. The van der Waals surface area contributed by atoms with Crippen LogP contribution in [0.5, 0.6) is 11.5 Å². The van der Waals surface area contributed by atoms with E-state index in [2.05, 4.69) is 0 Å². The van der Waals surface area contributed by atoms with Gasteiger partial charge in [0, 0.05) is 11.1 Å². The minimum Gasteiger partial charge on any atom is -0.453 e. The second-order valence-corrected chi connectivity index (χ2v) is 5.89. The molecule has 7 heteroatoms. The molecule has 0 heterocycles. The average molecular weight is 377 g/mol. The number of rotatable bonds is 2. The smallest absolute Gasteiger partial charge is 0.166 e. The predicted octanol–water partition coefficient (Wildman–Crippen LogP) is 7.40. The normalized spacial score (nSPS) is 10.6. The summed E-state index contributed by atoms with van der Waals surface area (Å²) in [6, 6.07) is 6.21. The lowest BCUT2D eigenvalue weighted by atomic mass is 10.3. The summed E-state index contributed by atoms with van der Waals surface area (Å²) in [6.07, 6.45) is 0. The molecule has 100 valence electrons. The van der Waals surface area contributed by atoms with Crippen molar-refractivity contribution in [2.75, 3.05) is 0 Å². The average Bonchev–Trinajstić information content (AvgIpc) is 2.36. The Morgan fingerprint density at radius 2 is 1.37 bits per heavy atom. The van der Waals surface area contributed by atoms with Gasteiger partial charge in [-0.3, -0.25) is 0 Å². The number of hydrogen-bond donors (Lipinski definition) is 0. The van der Waals surface area contributed by atoms with E-state index in [4.69, 9.17) is 74.3 Å². The molecule has 2 rings (SSSR count). The van der Waals surface area contributed by atoms with Crippen molar-refractivity contribution in [3.8, 4) is 11.5 Å². The highest BCUT2D eigenvalue weighted by Gasteiger charge is 2.17. The molecule has 1 nitrogen and oxygen atoms in total. The molecule has 2 aromatic rings. The molecule has 0 fully saturated rings. The van der Waals surface area contributed by atoms with Gasteiger partial charge in [0.25, 0.3) is 0 Å². The lowest BCUT2D eigenvalue weighted by Crippen LogP contribution is -1.89. The Kier molecular flexibility index (Phi) is 4.99. The number of benzene rings is 2. The van der Waals surface area contributed by atoms with E-state index in [0.29, 0.717) is 15.8 Å². The Balaban J connectivity index is 2.49. The van der Waals surface area contributed by atoms with Crippen molar-refractivity contribution in [3.63, 3.8) is 0 Å². The first-order valence-electron chi connectivity index (χ1n) is 4.86. The fraction of sp³-hybridized carbons (Fsp3) is 0. The van der Waals surface area contributed by atoms with E-state index in [-0.39, 0.29) is 25.8 Å². The van der Waals surface area contributed by atoms with Gasteiger partial charge in [0.05, 0.1) is 20.1 Å². The second-order valence-electron chi connectivity index (χ2n) is 3.47. The van der Waals surface area contributed by atoms with Gasteiger partial charge in [-0.2, -0.15) is 0 Å².